The molecule has 0 N–H and O–H groups in total. The van der Waals surface area contributed by atoms with Gasteiger partial charge in [-0.25, -0.2) is 0 Å². The standard InChI is InChI=1S/C10H6ClNS2/c11-4-7-2-1-6-3-8(5-12)14-10(6)9(7)13/h1-3,13H,4H2. The maximum absolute atomic E-state index is 8.77. The monoisotopic (exact) mass is 239 g/mol. The van der Waals surface area contributed by atoms with Crippen LogP contribution in [-0.4, -0.2) is 0 Å². The zero-order chi connectivity index (χ0) is 10.1. The first-order chi connectivity index (χ1) is 6.76. The van der Waals surface area contributed by atoms with E-state index in [0.717, 1.165) is 20.5 Å². The van der Waals surface area contributed by atoms with Crippen LogP contribution in [0.15, 0.2) is 23.1 Å². The number of fused-ring (bicyclic) bond motifs is 1. The molecule has 1 nitrogen and oxygen atoms in total. The zero-order valence-corrected chi connectivity index (χ0v) is 9.59. The van der Waals surface area contributed by atoms with Gasteiger partial charge in [0, 0.05) is 15.5 Å². The van der Waals surface area contributed by atoms with Gasteiger partial charge in [0.15, 0.2) is 0 Å². The summed E-state index contributed by atoms with van der Waals surface area (Å²) in [7, 11) is 0. The lowest BCUT2D eigenvalue weighted by molar-refractivity contribution is 1.32. The molecule has 0 aliphatic heterocycles. The molecule has 70 valence electrons. The Morgan fingerprint density at radius 2 is 2.29 bits per heavy atom. The predicted octanol–water partition coefficient (Wildman–Crippen LogP) is 3.80. The van der Waals surface area contributed by atoms with E-state index in [-0.39, 0.29) is 0 Å². The molecule has 0 atom stereocenters. The van der Waals surface area contributed by atoms with E-state index in [9.17, 15) is 0 Å². The third-order valence-electron chi connectivity index (χ3n) is 2.00. The molecular weight excluding hydrogens is 234 g/mol. The van der Waals surface area contributed by atoms with E-state index in [2.05, 4.69) is 18.7 Å². The first-order valence-corrected chi connectivity index (χ1v) is 5.76. The van der Waals surface area contributed by atoms with Crippen LogP contribution in [0, 0.1) is 11.3 Å². The lowest BCUT2D eigenvalue weighted by atomic mass is 10.2. The maximum Gasteiger partial charge on any atom is 0.110 e. The van der Waals surface area contributed by atoms with Gasteiger partial charge in [-0.15, -0.1) is 35.6 Å². The summed E-state index contributed by atoms with van der Waals surface area (Å²) in [5.41, 5.74) is 1.01. The lowest BCUT2D eigenvalue weighted by Crippen LogP contribution is -1.79. The van der Waals surface area contributed by atoms with Crippen molar-refractivity contribution in [1.82, 2.24) is 0 Å². The summed E-state index contributed by atoms with van der Waals surface area (Å²) >= 11 is 11.6. The number of thiophene rings is 1. The molecule has 1 aromatic heterocycles. The summed E-state index contributed by atoms with van der Waals surface area (Å²) in [6, 6.07) is 7.93. The molecule has 1 heterocycles. The van der Waals surface area contributed by atoms with Gasteiger partial charge in [0.1, 0.15) is 10.9 Å². The fourth-order valence-corrected chi connectivity index (χ4v) is 2.95. The largest absolute Gasteiger partial charge is 0.192 e. The van der Waals surface area contributed by atoms with E-state index in [4.69, 9.17) is 16.9 Å². The van der Waals surface area contributed by atoms with E-state index in [1.165, 1.54) is 11.3 Å². The molecule has 0 amide bonds. The van der Waals surface area contributed by atoms with Crippen LogP contribution >= 0.6 is 35.6 Å². The highest BCUT2D eigenvalue weighted by Gasteiger charge is 2.07. The number of hydrogen-bond donors (Lipinski definition) is 1. The quantitative estimate of drug-likeness (QED) is 0.594. The third kappa shape index (κ3) is 1.50. The van der Waals surface area contributed by atoms with Crippen LogP contribution in [0.4, 0.5) is 0 Å². The molecule has 0 bridgehead atoms. The van der Waals surface area contributed by atoms with E-state index in [1.54, 1.807) is 0 Å². The Morgan fingerprint density at radius 1 is 1.50 bits per heavy atom. The van der Waals surface area contributed by atoms with Crippen LogP contribution in [0.1, 0.15) is 10.4 Å². The number of nitriles is 1. The Balaban J connectivity index is 2.76. The Kier molecular flexibility index (Phi) is 2.69. The molecule has 4 heteroatoms. The second-order valence-electron chi connectivity index (χ2n) is 2.85. The van der Waals surface area contributed by atoms with Crippen molar-refractivity contribution >= 4 is 45.7 Å². The van der Waals surface area contributed by atoms with Crippen LogP contribution in [0.2, 0.25) is 0 Å². The van der Waals surface area contributed by atoms with Crippen molar-refractivity contribution in [2.24, 2.45) is 0 Å². The van der Waals surface area contributed by atoms with Crippen LogP contribution in [0.25, 0.3) is 10.1 Å². The van der Waals surface area contributed by atoms with Gasteiger partial charge in [0.05, 0.1) is 0 Å². The summed E-state index contributed by atoms with van der Waals surface area (Å²) in [6.45, 7) is 0. The van der Waals surface area contributed by atoms with Crippen LogP contribution in [0.5, 0.6) is 0 Å². The summed E-state index contributed by atoms with van der Waals surface area (Å²) in [5, 5.41) is 9.83. The summed E-state index contributed by atoms with van der Waals surface area (Å²) in [6.07, 6.45) is 0. The minimum absolute atomic E-state index is 0.453. The summed E-state index contributed by atoms with van der Waals surface area (Å²) < 4.78 is 1.04. The zero-order valence-electron chi connectivity index (χ0n) is 7.12. The van der Waals surface area contributed by atoms with Gasteiger partial charge in [-0.3, -0.25) is 0 Å². The topological polar surface area (TPSA) is 23.8 Å². The van der Waals surface area contributed by atoms with Gasteiger partial charge in [0.2, 0.25) is 0 Å². The second-order valence-corrected chi connectivity index (χ2v) is 4.61. The molecule has 2 aromatic rings. The number of thiol groups is 1. The maximum atomic E-state index is 8.77. The molecular formula is C10H6ClNS2. The molecule has 0 saturated carbocycles. The smallest absolute Gasteiger partial charge is 0.110 e. The molecule has 1 aromatic carbocycles. The second kappa shape index (κ2) is 3.82. The molecule has 0 fully saturated rings. The number of benzene rings is 1. The number of nitrogens with zero attached hydrogens (tertiary/aromatic N) is 1. The van der Waals surface area contributed by atoms with Crippen molar-refractivity contribution in [3.05, 3.63) is 28.6 Å². The van der Waals surface area contributed by atoms with Crippen LogP contribution in [0.3, 0.4) is 0 Å². The highest BCUT2D eigenvalue weighted by molar-refractivity contribution is 7.80. The van der Waals surface area contributed by atoms with Gasteiger partial charge >= 0.3 is 0 Å². The molecule has 14 heavy (non-hydrogen) atoms. The fourth-order valence-electron chi connectivity index (χ4n) is 1.29. The number of halogens is 1. The molecule has 2 rings (SSSR count). The van der Waals surface area contributed by atoms with Gasteiger partial charge in [-0.1, -0.05) is 12.1 Å². The van der Waals surface area contributed by atoms with Gasteiger partial charge < -0.3 is 0 Å². The van der Waals surface area contributed by atoms with Crippen LogP contribution in [-0.2, 0) is 5.88 Å². The predicted molar refractivity (Wildman–Crippen MR) is 63.3 cm³/mol. The average Bonchev–Trinajstić information content (AvgIpc) is 2.62. The fraction of sp³-hybridized carbons (Fsp3) is 0.100. The van der Waals surface area contributed by atoms with Gasteiger partial charge in [-0.05, 0) is 17.0 Å². The number of alkyl halides is 1. The Morgan fingerprint density at radius 3 is 2.93 bits per heavy atom. The van der Waals surface area contributed by atoms with Crippen molar-refractivity contribution in [2.75, 3.05) is 0 Å². The highest BCUT2D eigenvalue weighted by atomic mass is 35.5. The minimum atomic E-state index is 0.453. The molecule has 0 spiro atoms. The van der Waals surface area contributed by atoms with Crippen molar-refractivity contribution in [3.8, 4) is 6.07 Å². The van der Waals surface area contributed by atoms with E-state index in [0.29, 0.717) is 10.8 Å². The van der Waals surface area contributed by atoms with Crippen molar-refractivity contribution in [3.63, 3.8) is 0 Å². The summed E-state index contributed by atoms with van der Waals surface area (Å²) in [5.74, 6) is 0.453. The summed E-state index contributed by atoms with van der Waals surface area (Å²) in [4.78, 5) is 1.60. The van der Waals surface area contributed by atoms with E-state index < -0.39 is 0 Å². The first kappa shape index (κ1) is 9.85. The molecule has 0 saturated heterocycles. The average molecular weight is 240 g/mol. The molecule has 0 aliphatic carbocycles. The van der Waals surface area contributed by atoms with Crippen LogP contribution < -0.4 is 0 Å². The van der Waals surface area contributed by atoms with Gasteiger partial charge in [-0.2, -0.15) is 5.26 Å². The SMILES string of the molecule is N#Cc1cc2ccc(CCl)c(S)c2s1. The van der Waals surface area contributed by atoms with Crippen molar-refractivity contribution < 1.29 is 0 Å². The minimum Gasteiger partial charge on any atom is -0.192 e. The van der Waals surface area contributed by atoms with Crippen molar-refractivity contribution in [2.45, 2.75) is 10.8 Å². The molecule has 0 radical (unpaired) electrons. The molecule has 0 unspecified atom stereocenters. The first-order valence-electron chi connectivity index (χ1n) is 3.96. The van der Waals surface area contributed by atoms with E-state index in [1.807, 2.05) is 18.2 Å². The molecule has 0 aliphatic rings. The van der Waals surface area contributed by atoms with E-state index >= 15 is 0 Å². The van der Waals surface area contributed by atoms with Gasteiger partial charge in [0.25, 0.3) is 0 Å². The lowest BCUT2D eigenvalue weighted by Gasteiger charge is -2.00. The van der Waals surface area contributed by atoms with Crippen molar-refractivity contribution in [1.29, 1.82) is 5.26 Å². The Bertz CT molecular complexity index is 525. The highest BCUT2D eigenvalue weighted by Crippen LogP contribution is 2.33. The number of rotatable bonds is 1. The Labute approximate surface area is 96.3 Å². The normalized spacial score (nSPS) is 10.4. The Hall–Kier alpha value is -0.690. The third-order valence-corrected chi connectivity index (χ3v) is 4.02. The number of hydrogen-bond acceptors (Lipinski definition) is 3.